The predicted molar refractivity (Wildman–Crippen MR) is 155 cm³/mol. The van der Waals surface area contributed by atoms with Crippen molar-refractivity contribution in [3.8, 4) is 0 Å². The summed E-state index contributed by atoms with van der Waals surface area (Å²) in [6, 6.07) is 0. The van der Waals surface area contributed by atoms with Crippen LogP contribution in [0.2, 0.25) is 0 Å². The molecule has 0 saturated heterocycles. The van der Waals surface area contributed by atoms with Gasteiger partial charge in [0.05, 0.1) is 119 Å². The first kappa shape index (κ1) is 42.0. The fourth-order valence-corrected chi connectivity index (χ4v) is 2.90. The number of carboxylic acid groups (broad SMARTS) is 1. The molecule has 0 rings (SSSR count). The second-order valence-corrected chi connectivity index (χ2v) is 8.72. The molecular formula is C28H53NO15. The third kappa shape index (κ3) is 36.2. The van der Waals surface area contributed by atoms with Crippen molar-refractivity contribution in [1.82, 2.24) is 5.32 Å². The number of ether oxygens (including phenoxy) is 11. The molecule has 0 atom stereocenters. The van der Waals surface area contributed by atoms with Crippen molar-refractivity contribution < 1.29 is 71.6 Å². The van der Waals surface area contributed by atoms with Crippen molar-refractivity contribution in [3.63, 3.8) is 0 Å². The maximum Gasteiger partial charge on any atom is 0.329 e. The summed E-state index contributed by atoms with van der Waals surface area (Å²) in [5.41, 5.74) is 0. The Morgan fingerprint density at radius 1 is 0.477 bits per heavy atom. The molecule has 0 heterocycles. The number of carboxylic acids is 1. The Hall–Kier alpha value is -1.99. The number of hydrogen-bond acceptors (Lipinski definition) is 14. The second-order valence-electron chi connectivity index (χ2n) is 8.72. The van der Waals surface area contributed by atoms with Gasteiger partial charge in [0.15, 0.2) is 0 Å². The summed E-state index contributed by atoms with van der Waals surface area (Å²) < 4.78 is 58.2. The summed E-state index contributed by atoms with van der Waals surface area (Å²) in [4.78, 5) is 32.8. The van der Waals surface area contributed by atoms with E-state index in [1.54, 1.807) is 0 Å². The monoisotopic (exact) mass is 643 g/mol. The molecule has 44 heavy (non-hydrogen) atoms. The molecule has 0 aliphatic heterocycles. The van der Waals surface area contributed by atoms with Gasteiger partial charge in [-0.1, -0.05) is 6.92 Å². The zero-order valence-corrected chi connectivity index (χ0v) is 26.1. The van der Waals surface area contributed by atoms with Crippen LogP contribution in [-0.2, 0) is 66.5 Å². The summed E-state index contributed by atoms with van der Waals surface area (Å²) in [7, 11) is 0. The number of nitrogens with one attached hydrogen (secondary N) is 1. The van der Waals surface area contributed by atoms with E-state index in [1.807, 2.05) is 6.92 Å². The quantitative estimate of drug-likeness (QED) is 0.0669. The Labute approximate surface area is 260 Å². The summed E-state index contributed by atoms with van der Waals surface area (Å²) in [6.07, 6.45) is 1.21. The van der Waals surface area contributed by atoms with Gasteiger partial charge in [0.2, 0.25) is 5.91 Å². The van der Waals surface area contributed by atoms with Gasteiger partial charge >= 0.3 is 11.9 Å². The molecule has 0 aromatic heterocycles. The number of hydrogen-bond donors (Lipinski definition) is 2. The third-order valence-electron chi connectivity index (χ3n) is 4.95. The maximum atomic E-state index is 11.3. The van der Waals surface area contributed by atoms with Gasteiger partial charge < -0.3 is 62.5 Å². The van der Waals surface area contributed by atoms with Crippen LogP contribution in [0.15, 0.2) is 0 Å². The van der Waals surface area contributed by atoms with Crippen LogP contribution in [0.5, 0.6) is 0 Å². The lowest BCUT2D eigenvalue weighted by Crippen LogP contribution is -2.31. The molecule has 16 heteroatoms. The highest BCUT2D eigenvalue weighted by atomic mass is 16.6. The van der Waals surface area contributed by atoms with E-state index in [0.717, 1.165) is 6.42 Å². The summed E-state index contributed by atoms with van der Waals surface area (Å²) in [5.74, 6) is -1.72. The van der Waals surface area contributed by atoms with E-state index in [0.29, 0.717) is 132 Å². The molecule has 0 saturated carbocycles. The van der Waals surface area contributed by atoms with Crippen LogP contribution >= 0.6 is 0 Å². The van der Waals surface area contributed by atoms with Crippen LogP contribution in [0.3, 0.4) is 0 Å². The number of carbonyl (C=O) groups excluding carboxylic acids is 2. The molecule has 0 aromatic carbocycles. The fourth-order valence-electron chi connectivity index (χ4n) is 2.90. The lowest BCUT2D eigenvalue weighted by atomic mass is 10.3. The average molecular weight is 644 g/mol. The smallest absolute Gasteiger partial charge is 0.329 e. The van der Waals surface area contributed by atoms with Gasteiger partial charge in [0.1, 0.15) is 19.8 Å². The maximum absolute atomic E-state index is 11.3. The minimum absolute atomic E-state index is 0.197. The first-order chi connectivity index (χ1) is 21.6. The molecule has 0 aliphatic carbocycles. The molecule has 0 radical (unpaired) electrons. The molecule has 0 bridgehead atoms. The van der Waals surface area contributed by atoms with E-state index in [9.17, 15) is 14.4 Å². The van der Waals surface area contributed by atoms with Gasteiger partial charge in [-0.25, -0.2) is 4.79 Å². The molecule has 2 N–H and O–H groups in total. The zero-order valence-electron chi connectivity index (χ0n) is 26.1. The molecular weight excluding hydrogens is 590 g/mol. The Kier molecular flexibility index (Phi) is 33.9. The van der Waals surface area contributed by atoms with Crippen LogP contribution in [0.4, 0.5) is 0 Å². The molecule has 0 aromatic rings. The predicted octanol–water partition coefficient (Wildman–Crippen LogP) is -0.303. The van der Waals surface area contributed by atoms with Crippen molar-refractivity contribution in [2.24, 2.45) is 0 Å². The zero-order chi connectivity index (χ0) is 32.2. The average Bonchev–Trinajstić information content (AvgIpc) is 2.99. The minimum Gasteiger partial charge on any atom is -0.480 e. The third-order valence-corrected chi connectivity index (χ3v) is 4.95. The topological polar surface area (TPSA) is 185 Å². The van der Waals surface area contributed by atoms with Crippen molar-refractivity contribution in [2.45, 2.75) is 19.8 Å². The molecule has 0 spiro atoms. The van der Waals surface area contributed by atoms with Crippen LogP contribution in [0.25, 0.3) is 0 Å². The summed E-state index contributed by atoms with van der Waals surface area (Å²) >= 11 is 0. The number of carbonyl (C=O) groups is 3. The fraction of sp³-hybridized carbons (Fsp3) is 0.893. The van der Waals surface area contributed by atoms with Gasteiger partial charge in [-0.2, -0.15) is 0 Å². The Morgan fingerprint density at radius 3 is 1.16 bits per heavy atom. The van der Waals surface area contributed by atoms with Gasteiger partial charge in [-0.3, -0.25) is 9.59 Å². The largest absolute Gasteiger partial charge is 0.480 e. The first-order valence-corrected chi connectivity index (χ1v) is 15.0. The first-order valence-electron chi connectivity index (χ1n) is 15.0. The van der Waals surface area contributed by atoms with Crippen molar-refractivity contribution in [3.05, 3.63) is 0 Å². The van der Waals surface area contributed by atoms with E-state index in [2.05, 4.69) is 10.1 Å². The molecule has 1 amide bonds. The van der Waals surface area contributed by atoms with Gasteiger partial charge in [0.25, 0.3) is 0 Å². The Morgan fingerprint density at radius 2 is 0.818 bits per heavy atom. The minimum atomic E-state index is -1.13. The van der Waals surface area contributed by atoms with Crippen LogP contribution in [-0.4, -0.2) is 168 Å². The van der Waals surface area contributed by atoms with Crippen molar-refractivity contribution in [2.75, 3.05) is 145 Å². The van der Waals surface area contributed by atoms with E-state index in [4.69, 9.17) is 52.5 Å². The SMILES string of the molecule is CCCC(=O)OCCOCCOCCOCCOCCOCCOCCOCCOCCOCCNC(=O)COCC(=O)O. The Balaban J connectivity index is 3.11. The molecule has 0 fully saturated rings. The van der Waals surface area contributed by atoms with Crippen molar-refractivity contribution in [1.29, 1.82) is 0 Å². The van der Waals surface area contributed by atoms with E-state index in [1.165, 1.54) is 0 Å². The number of esters is 1. The number of amides is 1. The van der Waals surface area contributed by atoms with Crippen LogP contribution in [0, 0.1) is 0 Å². The highest BCUT2D eigenvalue weighted by Crippen LogP contribution is 1.91. The molecule has 16 nitrogen and oxygen atoms in total. The second kappa shape index (κ2) is 35.5. The van der Waals surface area contributed by atoms with Crippen LogP contribution in [0.1, 0.15) is 19.8 Å². The molecule has 0 unspecified atom stereocenters. The van der Waals surface area contributed by atoms with Gasteiger partial charge in [-0.05, 0) is 6.42 Å². The van der Waals surface area contributed by atoms with E-state index < -0.39 is 18.5 Å². The molecule has 0 aliphatic rings. The lowest BCUT2D eigenvalue weighted by Gasteiger charge is -2.09. The summed E-state index contributed by atoms with van der Waals surface area (Å²) in [5, 5.41) is 11.0. The van der Waals surface area contributed by atoms with E-state index >= 15 is 0 Å². The number of aliphatic carboxylic acids is 1. The van der Waals surface area contributed by atoms with E-state index in [-0.39, 0.29) is 19.2 Å². The highest BCUT2D eigenvalue weighted by molar-refractivity contribution is 5.77. The summed E-state index contributed by atoms with van der Waals surface area (Å²) in [6.45, 7) is 9.57. The van der Waals surface area contributed by atoms with Gasteiger partial charge in [-0.15, -0.1) is 0 Å². The molecule has 260 valence electrons. The van der Waals surface area contributed by atoms with Gasteiger partial charge in [0, 0.05) is 13.0 Å². The normalized spacial score (nSPS) is 11.1. The number of rotatable bonds is 36. The van der Waals surface area contributed by atoms with Crippen molar-refractivity contribution >= 4 is 17.8 Å². The van der Waals surface area contributed by atoms with Crippen LogP contribution < -0.4 is 5.32 Å². The Bertz CT molecular complexity index is 657. The standard InChI is InChI=1S/C28H53NO15/c1-2-3-28(33)44-23-22-42-21-20-41-19-18-40-17-16-39-15-14-38-13-12-37-11-10-36-9-8-35-7-6-34-5-4-29-26(30)24-43-25-27(31)32/h2-25H2,1H3,(H,29,30)(H,31,32). The highest BCUT2D eigenvalue weighted by Gasteiger charge is 2.03. The lowest BCUT2D eigenvalue weighted by molar-refractivity contribution is -0.145.